The zero-order chi connectivity index (χ0) is 15.4. The van der Waals surface area contributed by atoms with Crippen LogP contribution in [0.5, 0.6) is 5.75 Å². The Kier molecular flexibility index (Phi) is 4.81. The number of aryl methyl sites for hydroxylation is 2. The number of nitrogens with zero attached hydrogens (tertiary/aromatic N) is 1. The van der Waals surface area contributed by atoms with Crippen LogP contribution in [0.25, 0.3) is 0 Å². The highest BCUT2D eigenvalue weighted by Gasteiger charge is 2.20. The van der Waals surface area contributed by atoms with E-state index in [9.17, 15) is 0 Å². The average molecular weight is 285 g/mol. The molecular formula is C17H23N3O. The number of hydrogen-bond donors (Lipinski definition) is 2. The number of methoxy groups -OCH3 is 1. The minimum Gasteiger partial charge on any atom is -0.496 e. The fraction of sp³-hybridized carbons (Fsp3) is 0.353. The van der Waals surface area contributed by atoms with Crippen molar-refractivity contribution in [1.82, 2.24) is 10.3 Å². The standard InChI is InChI=1S/C17H23N3O/c1-5-19-16(14-8-12(3)10-20-17(14)18)13-7-6-11(2)9-15(13)21-4/h6-10,16,19H,5H2,1-4H3,(H2,18,20). The molecule has 0 fully saturated rings. The van der Waals surface area contributed by atoms with Crippen molar-refractivity contribution >= 4 is 5.82 Å². The molecule has 0 amide bonds. The molecule has 112 valence electrons. The largest absolute Gasteiger partial charge is 0.496 e. The summed E-state index contributed by atoms with van der Waals surface area (Å²) in [6.07, 6.45) is 1.79. The molecule has 21 heavy (non-hydrogen) atoms. The van der Waals surface area contributed by atoms with Crippen LogP contribution in [0.4, 0.5) is 5.82 Å². The maximum atomic E-state index is 6.09. The van der Waals surface area contributed by atoms with Crippen LogP contribution in [-0.4, -0.2) is 18.6 Å². The normalized spacial score (nSPS) is 12.2. The summed E-state index contributed by atoms with van der Waals surface area (Å²) < 4.78 is 5.54. The number of ether oxygens (including phenoxy) is 1. The van der Waals surface area contributed by atoms with E-state index in [0.717, 1.165) is 29.0 Å². The van der Waals surface area contributed by atoms with Crippen molar-refractivity contribution in [2.45, 2.75) is 26.8 Å². The van der Waals surface area contributed by atoms with Gasteiger partial charge in [-0.25, -0.2) is 4.98 Å². The lowest BCUT2D eigenvalue weighted by Gasteiger charge is -2.23. The van der Waals surface area contributed by atoms with E-state index in [0.29, 0.717) is 5.82 Å². The Morgan fingerprint density at radius 2 is 1.95 bits per heavy atom. The van der Waals surface area contributed by atoms with Gasteiger partial charge in [-0.1, -0.05) is 19.1 Å². The summed E-state index contributed by atoms with van der Waals surface area (Å²) in [4.78, 5) is 4.28. The highest BCUT2D eigenvalue weighted by Crippen LogP contribution is 2.33. The average Bonchev–Trinajstić information content (AvgIpc) is 2.48. The second-order valence-corrected chi connectivity index (χ2v) is 5.22. The molecule has 1 unspecified atom stereocenters. The molecule has 0 radical (unpaired) electrons. The van der Waals surface area contributed by atoms with Crippen molar-refractivity contribution in [2.75, 3.05) is 19.4 Å². The van der Waals surface area contributed by atoms with Gasteiger partial charge < -0.3 is 15.8 Å². The molecule has 1 atom stereocenters. The van der Waals surface area contributed by atoms with Gasteiger partial charge in [0.25, 0.3) is 0 Å². The number of anilines is 1. The first-order valence-electron chi connectivity index (χ1n) is 7.16. The van der Waals surface area contributed by atoms with Crippen molar-refractivity contribution < 1.29 is 4.74 Å². The summed E-state index contributed by atoms with van der Waals surface area (Å²) in [6, 6.07) is 8.26. The third-order valence-corrected chi connectivity index (χ3v) is 3.51. The number of aromatic nitrogens is 1. The minimum atomic E-state index is -0.0297. The molecule has 1 aromatic carbocycles. The van der Waals surface area contributed by atoms with Gasteiger partial charge in [-0.15, -0.1) is 0 Å². The van der Waals surface area contributed by atoms with Gasteiger partial charge in [0.1, 0.15) is 11.6 Å². The maximum Gasteiger partial charge on any atom is 0.128 e. The van der Waals surface area contributed by atoms with Crippen LogP contribution in [0.2, 0.25) is 0 Å². The fourth-order valence-electron chi connectivity index (χ4n) is 2.48. The van der Waals surface area contributed by atoms with Crippen LogP contribution < -0.4 is 15.8 Å². The van der Waals surface area contributed by atoms with Crippen LogP contribution in [0.15, 0.2) is 30.5 Å². The molecule has 0 aliphatic heterocycles. The predicted molar refractivity (Wildman–Crippen MR) is 86.6 cm³/mol. The van der Waals surface area contributed by atoms with Gasteiger partial charge in [0.05, 0.1) is 13.2 Å². The molecule has 3 N–H and O–H groups in total. The number of nitrogens with two attached hydrogens (primary N) is 1. The van der Waals surface area contributed by atoms with Crippen LogP contribution >= 0.6 is 0 Å². The Hall–Kier alpha value is -2.07. The van der Waals surface area contributed by atoms with Gasteiger partial charge in [0.15, 0.2) is 0 Å². The monoisotopic (exact) mass is 285 g/mol. The van der Waals surface area contributed by atoms with Gasteiger partial charge in [-0.05, 0) is 43.7 Å². The molecular weight excluding hydrogens is 262 g/mol. The van der Waals surface area contributed by atoms with E-state index in [1.807, 2.05) is 13.0 Å². The Morgan fingerprint density at radius 1 is 1.19 bits per heavy atom. The molecule has 0 bridgehead atoms. The number of nitrogen functional groups attached to an aromatic ring is 1. The third-order valence-electron chi connectivity index (χ3n) is 3.51. The second-order valence-electron chi connectivity index (χ2n) is 5.22. The summed E-state index contributed by atoms with van der Waals surface area (Å²) in [5.41, 5.74) is 10.4. The van der Waals surface area contributed by atoms with Crippen LogP contribution in [0.1, 0.15) is 35.2 Å². The fourth-order valence-corrected chi connectivity index (χ4v) is 2.48. The number of pyridine rings is 1. The Labute approximate surface area is 126 Å². The van der Waals surface area contributed by atoms with Crippen LogP contribution in [-0.2, 0) is 0 Å². The SMILES string of the molecule is CCNC(c1ccc(C)cc1OC)c1cc(C)cnc1N. The molecule has 1 aromatic heterocycles. The zero-order valence-electron chi connectivity index (χ0n) is 13.1. The van der Waals surface area contributed by atoms with Crippen molar-refractivity contribution in [3.05, 3.63) is 52.7 Å². The van der Waals surface area contributed by atoms with Gasteiger partial charge in [-0.2, -0.15) is 0 Å². The lowest BCUT2D eigenvalue weighted by molar-refractivity contribution is 0.404. The number of nitrogens with one attached hydrogen (secondary N) is 1. The summed E-state index contributed by atoms with van der Waals surface area (Å²) in [7, 11) is 1.69. The van der Waals surface area contributed by atoms with Crippen molar-refractivity contribution in [3.8, 4) is 5.75 Å². The molecule has 1 heterocycles. The van der Waals surface area contributed by atoms with Gasteiger partial charge in [-0.3, -0.25) is 0 Å². The predicted octanol–water partition coefficient (Wildman–Crippen LogP) is 2.99. The summed E-state index contributed by atoms with van der Waals surface area (Å²) in [6.45, 7) is 6.98. The number of benzene rings is 1. The highest BCUT2D eigenvalue weighted by molar-refractivity contribution is 5.51. The summed E-state index contributed by atoms with van der Waals surface area (Å²) >= 11 is 0. The Morgan fingerprint density at radius 3 is 2.62 bits per heavy atom. The van der Waals surface area contributed by atoms with Crippen molar-refractivity contribution in [1.29, 1.82) is 0 Å². The molecule has 0 saturated heterocycles. The molecule has 2 aromatic rings. The van der Waals surface area contributed by atoms with Gasteiger partial charge in [0, 0.05) is 17.3 Å². The molecule has 0 spiro atoms. The molecule has 4 nitrogen and oxygen atoms in total. The zero-order valence-corrected chi connectivity index (χ0v) is 13.1. The Balaban J connectivity index is 2.55. The quantitative estimate of drug-likeness (QED) is 0.886. The molecule has 0 aliphatic carbocycles. The van der Waals surface area contributed by atoms with E-state index in [4.69, 9.17) is 10.5 Å². The molecule has 4 heteroatoms. The van der Waals surface area contributed by atoms with Gasteiger partial charge in [0.2, 0.25) is 0 Å². The van der Waals surface area contributed by atoms with Crippen LogP contribution in [0.3, 0.4) is 0 Å². The van der Waals surface area contributed by atoms with E-state index < -0.39 is 0 Å². The second kappa shape index (κ2) is 6.59. The highest BCUT2D eigenvalue weighted by atomic mass is 16.5. The van der Waals surface area contributed by atoms with Gasteiger partial charge >= 0.3 is 0 Å². The van der Waals surface area contributed by atoms with E-state index >= 15 is 0 Å². The molecule has 0 aliphatic rings. The lowest BCUT2D eigenvalue weighted by atomic mass is 9.96. The number of hydrogen-bond acceptors (Lipinski definition) is 4. The first-order chi connectivity index (χ1) is 10.1. The smallest absolute Gasteiger partial charge is 0.128 e. The van der Waals surface area contributed by atoms with E-state index in [1.165, 1.54) is 5.56 Å². The van der Waals surface area contributed by atoms with Crippen molar-refractivity contribution in [3.63, 3.8) is 0 Å². The first-order valence-corrected chi connectivity index (χ1v) is 7.16. The number of rotatable bonds is 5. The first kappa shape index (κ1) is 15.3. The van der Waals surface area contributed by atoms with E-state index in [1.54, 1.807) is 13.3 Å². The summed E-state index contributed by atoms with van der Waals surface area (Å²) in [5, 5.41) is 3.48. The molecule has 2 rings (SSSR count). The third kappa shape index (κ3) is 3.34. The maximum absolute atomic E-state index is 6.09. The van der Waals surface area contributed by atoms with E-state index in [-0.39, 0.29) is 6.04 Å². The van der Waals surface area contributed by atoms with E-state index in [2.05, 4.69) is 42.3 Å². The van der Waals surface area contributed by atoms with Crippen LogP contribution in [0, 0.1) is 13.8 Å². The summed E-state index contributed by atoms with van der Waals surface area (Å²) in [5.74, 6) is 1.41. The lowest BCUT2D eigenvalue weighted by Crippen LogP contribution is -2.24. The Bertz CT molecular complexity index is 625. The topological polar surface area (TPSA) is 60.2 Å². The molecule has 0 saturated carbocycles. The minimum absolute atomic E-state index is 0.0297. The van der Waals surface area contributed by atoms with Crippen molar-refractivity contribution in [2.24, 2.45) is 0 Å².